The molecule has 2 amide bonds. The van der Waals surface area contributed by atoms with Crippen LogP contribution in [0.2, 0.25) is 0 Å². The normalized spacial score (nSPS) is 31.3. The number of hydrogen-bond acceptors (Lipinski definition) is 3. The molecule has 4 aliphatic rings. The highest BCUT2D eigenvalue weighted by Gasteiger charge is 2.33. The van der Waals surface area contributed by atoms with Crippen LogP contribution in [0.25, 0.3) is 0 Å². The Balaban J connectivity index is 1.44. The standard InChI is InChI=1S/C16H27N3O3S/c1-17-23(21,22)15-6-8-19(9-7-15)16(20)18-11-14-10-12-2-4-13(14)5-3-12/h2,4,12-15,17H,3,5-11H2,1H3,(H,18,20). The molecule has 0 aromatic heterocycles. The Hall–Kier alpha value is -1.08. The van der Waals surface area contributed by atoms with Crippen molar-refractivity contribution < 1.29 is 13.2 Å². The number of urea groups is 1. The van der Waals surface area contributed by atoms with Gasteiger partial charge in [-0.1, -0.05) is 12.2 Å². The maximum atomic E-state index is 12.3. The van der Waals surface area contributed by atoms with Gasteiger partial charge in [-0.15, -0.1) is 0 Å². The molecule has 1 heterocycles. The number of sulfonamides is 1. The first kappa shape index (κ1) is 16.8. The van der Waals surface area contributed by atoms with E-state index in [1.54, 1.807) is 4.90 Å². The minimum atomic E-state index is -3.22. The fourth-order valence-electron chi connectivity index (χ4n) is 4.15. The first-order chi connectivity index (χ1) is 11.0. The summed E-state index contributed by atoms with van der Waals surface area (Å²) >= 11 is 0. The van der Waals surface area contributed by atoms with Gasteiger partial charge < -0.3 is 10.2 Å². The van der Waals surface area contributed by atoms with Gasteiger partial charge in [0.25, 0.3) is 0 Å². The van der Waals surface area contributed by atoms with Crippen LogP contribution in [0, 0.1) is 17.8 Å². The molecule has 3 aliphatic carbocycles. The fraction of sp³-hybridized carbons (Fsp3) is 0.812. The third-order valence-electron chi connectivity index (χ3n) is 5.68. The monoisotopic (exact) mass is 341 g/mol. The summed E-state index contributed by atoms with van der Waals surface area (Å²) in [5, 5.41) is 2.68. The average molecular weight is 341 g/mol. The molecule has 23 heavy (non-hydrogen) atoms. The Morgan fingerprint density at radius 1 is 1.17 bits per heavy atom. The topological polar surface area (TPSA) is 78.5 Å². The Labute approximate surface area is 138 Å². The maximum absolute atomic E-state index is 12.3. The van der Waals surface area contributed by atoms with Crippen molar-refractivity contribution in [1.82, 2.24) is 14.9 Å². The summed E-state index contributed by atoms with van der Waals surface area (Å²) in [6.45, 7) is 1.75. The molecule has 0 radical (unpaired) electrons. The first-order valence-electron chi connectivity index (χ1n) is 8.63. The maximum Gasteiger partial charge on any atom is 0.317 e. The van der Waals surface area contributed by atoms with E-state index in [2.05, 4.69) is 22.2 Å². The van der Waals surface area contributed by atoms with E-state index in [1.165, 1.54) is 26.3 Å². The van der Waals surface area contributed by atoms with Crippen LogP contribution in [0.4, 0.5) is 4.79 Å². The number of carbonyl (C=O) groups excluding carboxylic acids is 1. The van der Waals surface area contributed by atoms with Crippen molar-refractivity contribution in [3.63, 3.8) is 0 Å². The van der Waals surface area contributed by atoms with E-state index < -0.39 is 10.0 Å². The van der Waals surface area contributed by atoms with Crippen LogP contribution >= 0.6 is 0 Å². The molecule has 130 valence electrons. The molecule has 2 N–H and O–H groups in total. The molecule has 1 saturated carbocycles. The molecule has 6 nitrogen and oxygen atoms in total. The van der Waals surface area contributed by atoms with Gasteiger partial charge in [0.15, 0.2) is 0 Å². The fourth-order valence-corrected chi connectivity index (χ4v) is 5.32. The summed E-state index contributed by atoms with van der Waals surface area (Å²) in [6.07, 6.45) is 9.39. The van der Waals surface area contributed by atoms with Crippen LogP contribution in [0.3, 0.4) is 0 Å². The van der Waals surface area contributed by atoms with Crippen LogP contribution in [0.15, 0.2) is 12.2 Å². The number of nitrogens with one attached hydrogen (secondary N) is 2. The van der Waals surface area contributed by atoms with Crippen molar-refractivity contribution in [1.29, 1.82) is 0 Å². The molecule has 3 unspecified atom stereocenters. The lowest BCUT2D eigenvalue weighted by Crippen LogP contribution is -2.49. The number of amides is 2. The van der Waals surface area contributed by atoms with E-state index in [0.717, 1.165) is 6.54 Å². The molecule has 1 aliphatic heterocycles. The number of rotatable bonds is 4. The third-order valence-corrected chi connectivity index (χ3v) is 7.60. The zero-order chi connectivity index (χ0) is 16.4. The van der Waals surface area contributed by atoms with E-state index in [1.807, 2.05) is 0 Å². The summed E-state index contributed by atoms with van der Waals surface area (Å²) in [6, 6.07) is -0.0456. The lowest BCUT2D eigenvalue weighted by molar-refractivity contribution is 0.174. The largest absolute Gasteiger partial charge is 0.338 e. The van der Waals surface area contributed by atoms with Crippen molar-refractivity contribution in [2.75, 3.05) is 26.7 Å². The molecular formula is C16H27N3O3S. The number of likely N-dealkylation sites (tertiary alicyclic amines) is 1. The van der Waals surface area contributed by atoms with Crippen molar-refractivity contribution in [2.45, 2.75) is 37.4 Å². The van der Waals surface area contributed by atoms with Gasteiger partial charge in [-0.25, -0.2) is 17.9 Å². The smallest absolute Gasteiger partial charge is 0.317 e. The van der Waals surface area contributed by atoms with E-state index in [9.17, 15) is 13.2 Å². The minimum Gasteiger partial charge on any atom is -0.338 e. The molecule has 0 aromatic rings. The van der Waals surface area contributed by atoms with Gasteiger partial charge in [0.05, 0.1) is 5.25 Å². The Kier molecular flexibility index (Phi) is 4.96. The van der Waals surface area contributed by atoms with Crippen molar-refractivity contribution in [2.24, 2.45) is 17.8 Å². The van der Waals surface area contributed by atoms with Crippen molar-refractivity contribution in [3.05, 3.63) is 12.2 Å². The number of piperidine rings is 1. The summed E-state index contributed by atoms with van der Waals surface area (Å²) in [5.74, 6) is 1.88. The number of carbonyl (C=O) groups is 1. The van der Waals surface area contributed by atoms with Crippen molar-refractivity contribution in [3.8, 4) is 0 Å². The van der Waals surface area contributed by atoms with E-state index in [-0.39, 0.29) is 11.3 Å². The van der Waals surface area contributed by atoms with Gasteiger partial charge in [-0.3, -0.25) is 0 Å². The van der Waals surface area contributed by atoms with Gasteiger partial charge in [0.1, 0.15) is 0 Å². The number of hydrogen-bond donors (Lipinski definition) is 2. The van der Waals surface area contributed by atoms with E-state index in [0.29, 0.717) is 43.7 Å². The van der Waals surface area contributed by atoms with Crippen LogP contribution in [-0.2, 0) is 10.0 Å². The predicted octanol–water partition coefficient (Wildman–Crippen LogP) is 1.31. The highest BCUT2D eigenvalue weighted by atomic mass is 32.2. The average Bonchev–Trinajstić information content (AvgIpc) is 2.61. The quantitative estimate of drug-likeness (QED) is 0.757. The lowest BCUT2D eigenvalue weighted by atomic mass is 9.69. The second-order valence-corrected chi connectivity index (χ2v) is 9.17. The van der Waals surface area contributed by atoms with Gasteiger partial charge in [0.2, 0.25) is 10.0 Å². The lowest BCUT2D eigenvalue weighted by Gasteiger charge is -2.38. The first-order valence-corrected chi connectivity index (χ1v) is 10.2. The zero-order valence-corrected chi connectivity index (χ0v) is 14.5. The molecule has 3 atom stereocenters. The summed E-state index contributed by atoms with van der Waals surface area (Å²) < 4.78 is 26.0. The van der Waals surface area contributed by atoms with Crippen LogP contribution in [0.5, 0.6) is 0 Å². The van der Waals surface area contributed by atoms with Crippen LogP contribution in [0.1, 0.15) is 32.1 Å². The second kappa shape index (κ2) is 6.81. The molecule has 2 fully saturated rings. The third kappa shape index (κ3) is 3.71. The minimum absolute atomic E-state index is 0.0456. The summed E-state index contributed by atoms with van der Waals surface area (Å²) in [7, 11) is -1.78. The zero-order valence-electron chi connectivity index (χ0n) is 13.7. The predicted molar refractivity (Wildman–Crippen MR) is 89.4 cm³/mol. The van der Waals surface area contributed by atoms with Gasteiger partial charge in [-0.2, -0.15) is 0 Å². The summed E-state index contributed by atoms with van der Waals surface area (Å²) in [4.78, 5) is 14.1. The van der Waals surface area contributed by atoms with E-state index in [4.69, 9.17) is 0 Å². The molecule has 0 spiro atoms. The highest BCUT2D eigenvalue weighted by molar-refractivity contribution is 7.90. The summed E-state index contributed by atoms with van der Waals surface area (Å²) in [5.41, 5.74) is 0. The number of nitrogens with zero attached hydrogens (tertiary/aromatic N) is 1. The molecule has 0 aromatic carbocycles. The van der Waals surface area contributed by atoms with E-state index >= 15 is 0 Å². The van der Waals surface area contributed by atoms with Gasteiger partial charge in [0, 0.05) is 19.6 Å². The molecule has 1 saturated heterocycles. The van der Waals surface area contributed by atoms with Crippen LogP contribution in [-0.4, -0.2) is 51.3 Å². The number of fused-ring (bicyclic) bond motifs is 2. The van der Waals surface area contributed by atoms with Gasteiger partial charge in [-0.05, 0) is 56.9 Å². The molecular weight excluding hydrogens is 314 g/mol. The molecule has 2 bridgehead atoms. The van der Waals surface area contributed by atoms with Crippen LogP contribution < -0.4 is 10.0 Å². The Morgan fingerprint density at radius 3 is 2.43 bits per heavy atom. The molecule has 7 heteroatoms. The second-order valence-electron chi connectivity index (χ2n) is 7.00. The number of allylic oxidation sites excluding steroid dienone is 2. The molecule has 4 rings (SSSR count). The SMILES string of the molecule is CNS(=O)(=O)C1CCN(C(=O)NCC2CC3C=CC2CC3)CC1. The van der Waals surface area contributed by atoms with Gasteiger partial charge >= 0.3 is 6.03 Å². The Bertz CT molecular complexity index is 567. The highest BCUT2D eigenvalue weighted by Crippen LogP contribution is 2.39. The van der Waals surface area contributed by atoms with Crippen molar-refractivity contribution >= 4 is 16.1 Å². The Morgan fingerprint density at radius 2 is 1.91 bits per heavy atom.